The number of aromatic nitrogens is 2. The number of carboxylic acid groups (broad SMARTS) is 1. The molecule has 0 saturated heterocycles. The predicted molar refractivity (Wildman–Crippen MR) is 69.5 cm³/mol. The minimum Gasteiger partial charge on any atom is -0.486 e. The normalized spacial score (nSPS) is 10.2. The number of aromatic carboxylic acids is 1. The lowest BCUT2D eigenvalue weighted by atomic mass is 10.2. The van der Waals surface area contributed by atoms with E-state index in [0.717, 1.165) is 5.56 Å². The number of benzene rings is 1. The summed E-state index contributed by atoms with van der Waals surface area (Å²) >= 11 is 5.68. The molecule has 0 atom stereocenters. The smallest absolute Gasteiger partial charge is 0.356 e. The number of hydrogen-bond acceptors (Lipinski definition) is 4. The van der Waals surface area contributed by atoms with Crippen molar-refractivity contribution in [1.82, 2.24) is 9.97 Å². The van der Waals surface area contributed by atoms with Crippen molar-refractivity contribution >= 4 is 17.6 Å². The Kier molecular flexibility index (Phi) is 3.97. The maximum atomic E-state index is 10.9. The van der Waals surface area contributed by atoms with Crippen LogP contribution >= 0.6 is 11.6 Å². The van der Waals surface area contributed by atoms with Gasteiger partial charge in [0, 0.05) is 0 Å². The molecule has 0 radical (unpaired) electrons. The maximum Gasteiger partial charge on any atom is 0.356 e. The van der Waals surface area contributed by atoms with Gasteiger partial charge in [-0.25, -0.2) is 14.8 Å². The molecule has 0 aliphatic heterocycles. The molecule has 0 unspecified atom stereocenters. The van der Waals surface area contributed by atoms with Gasteiger partial charge in [0.25, 0.3) is 0 Å². The molecule has 1 aromatic heterocycles. The van der Waals surface area contributed by atoms with Gasteiger partial charge < -0.3 is 9.84 Å². The van der Waals surface area contributed by atoms with Crippen molar-refractivity contribution in [2.24, 2.45) is 0 Å². The number of hydrogen-bond donors (Lipinski definition) is 1. The van der Waals surface area contributed by atoms with Gasteiger partial charge in [-0.2, -0.15) is 0 Å². The number of halogens is 1. The SMILES string of the molecule is Cc1ccc(OCc2ncc(Cl)c(C(=O)O)n2)cc1. The third-order valence-electron chi connectivity index (χ3n) is 2.39. The highest BCUT2D eigenvalue weighted by molar-refractivity contribution is 6.33. The Morgan fingerprint density at radius 2 is 2.05 bits per heavy atom. The first-order chi connectivity index (χ1) is 9.06. The topological polar surface area (TPSA) is 72.3 Å². The molecule has 0 aliphatic rings. The molecule has 1 aromatic carbocycles. The summed E-state index contributed by atoms with van der Waals surface area (Å²) in [6.45, 7) is 2.06. The molecule has 98 valence electrons. The van der Waals surface area contributed by atoms with Crippen LogP contribution in [0.2, 0.25) is 5.02 Å². The fourth-order valence-corrected chi connectivity index (χ4v) is 1.58. The van der Waals surface area contributed by atoms with E-state index in [0.29, 0.717) is 5.75 Å². The summed E-state index contributed by atoms with van der Waals surface area (Å²) in [5.74, 6) is -0.257. The first-order valence-corrected chi connectivity index (χ1v) is 5.88. The van der Waals surface area contributed by atoms with Crippen molar-refractivity contribution in [3.63, 3.8) is 0 Å². The van der Waals surface area contributed by atoms with Crippen molar-refractivity contribution in [1.29, 1.82) is 0 Å². The van der Waals surface area contributed by atoms with Crippen LogP contribution < -0.4 is 4.74 Å². The van der Waals surface area contributed by atoms with Crippen LogP contribution in [0.1, 0.15) is 21.9 Å². The highest BCUT2D eigenvalue weighted by Gasteiger charge is 2.12. The van der Waals surface area contributed by atoms with Crippen LogP contribution in [0.15, 0.2) is 30.5 Å². The van der Waals surface area contributed by atoms with Gasteiger partial charge in [-0.15, -0.1) is 0 Å². The molecule has 5 nitrogen and oxygen atoms in total. The maximum absolute atomic E-state index is 10.9. The van der Waals surface area contributed by atoms with E-state index in [1.54, 1.807) is 0 Å². The highest BCUT2D eigenvalue weighted by Crippen LogP contribution is 2.15. The summed E-state index contributed by atoms with van der Waals surface area (Å²) in [5.41, 5.74) is 0.905. The zero-order chi connectivity index (χ0) is 13.8. The van der Waals surface area contributed by atoms with Crippen molar-refractivity contribution in [3.05, 3.63) is 52.6 Å². The Hall–Kier alpha value is -2.14. The first kappa shape index (κ1) is 13.3. The Balaban J connectivity index is 2.09. The Morgan fingerprint density at radius 3 is 2.68 bits per heavy atom. The highest BCUT2D eigenvalue weighted by atomic mass is 35.5. The number of ether oxygens (including phenoxy) is 1. The van der Waals surface area contributed by atoms with Gasteiger partial charge in [0.15, 0.2) is 11.5 Å². The largest absolute Gasteiger partial charge is 0.486 e. The summed E-state index contributed by atoms with van der Waals surface area (Å²) in [4.78, 5) is 18.6. The Labute approximate surface area is 114 Å². The van der Waals surface area contributed by atoms with E-state index < -0.39 is 5.97 Å². The molecule has 6 heteroatoms. The lowest BCUT2D eigenvalue weighted by Crippen LogP contribution is -2.08. The van der Waals surface area contributed by atoms with Crippen LogP contribution in [-0.2, 0) is 6.61 Å². The lowest BCUT2D eigenvalue weighted by Gasteiger charge is -2.06. The standard InChI is InChI=1S/C13H11ClN2O3/c1-8-2-4-9(5-3-8)19-7-11-15-6-10(14)12(16-11)13(17)18/h2-6H,7H2,1H3,(H,17,18). The zero-order valence-electron chi connectivity index (χ0n) is 10.1. The molecule has 0 bridgehead atoms. The van der Waals surface area contributed by atoms with E-state index in [9.17, 15) is 4.79 Å². The molecule has 1 N–H and O–H groups in total. The fraction of sp³-hybridized carbons (Fsp3) is 0.154. The van der Waals surface area contributed by atoms with E-state index in [-0.39, 0.29) is 23.1 Å². The fourth-order valence-electron chi connectivity index (χ4n) is 1.41. The third kappa shape index (κ3) is 3.42. The summed E-state index contributed by atoms with van der Waals surface area (Å²) in [6.07, 6.45) is 1.26. The molecule has 0 saturated carbocycles. The first-order valence-electron chi connectivity index (χ1n) is 5.50. The number of aryl methyl sites for hydroxylation is 1. The molecule has 0 spiro atoms. The average molecular weight is 279 g/mol. The molecule has 0 fully saturated rings. The average Bonchev–Trinajstić information content (AvgIpc) is 2.39. The van der Waals surface area contributed by atoms with Gasteiger partial charge in [-0.3, -0.25) is 0 Å². The minimum atomic E-state index is -1.19. The van der Waals surface area contributed by atoms with Gasteiger partial charge in [-0.05, 0) is 19.1 Å². The van der Waals surface area contributed by atoms with Crippen molar-refractivity contribution in [2.75, 3.05) is 0 Å². The van der Waals surface area contributed by atoms with Crippen LogP contribution in [0.4, 0.5) is 0 Å². The number of carbonyl (C=O) groups is 1. The van der Waals surface area contributed by atoms with Crippen LogP contribution in [0.5, 0.6) is 5.75 Å². The summed E-state index contributed by atoms with van der Waals surface area (Å²) in [7, 11) is 0. The van der Waals surface area contributed by atoms with E-state index in [2.05, 4.69) is 9.97 Å². The van der Waals surface area contributed by atoms with E-state index >= 15 is 0 Å². The van der Waals surface area contributed by atoms with Gasteiger partial charge >= 0.3 is 5.97 Å². The molecule has 2 rings (SSSR count). The molecule has 0 aliphatic carbocycles. The summed E-state index contributed by atoms with van der Waals surface area (Å²) in [6, 6.07) is 7.48. The summed E-state index contributed by atoms with van der Waals surface area (Å²) < 4.78 is 5.46. The second kappa shape index (κ2) is 5.67. The van der Waals surface area contributed by atoms with Crippen LogP contribution in [0.25, 0.3) is 0 Å². The number of carboxylic acids is 1. The predicted octanol–water partition coefficient (Wildman–Crippen LogP) is 2.72. The van der Waals surface area contributed by atoms with Gasteiger partial charge in [-0.1, -0.05) is 29.3 Å². The van der Waals surface area contributed by atoms with Crippen molar-refractivity contribution in [2.45, 2.75) is 13.5 Å². The molecule has 1 heterocycles. The van der Waals surface area contributed by atoms with Crippen molar-refractivity contribution < 1.29 is 14.6 Å². The van der Waals surface area contributed by atoms with E-state index in [1.165, 1.54) is 6.20 Å². The monoisotopic (exact) mass is 278 g/mol. The van der Waals surface area contributed by atoms with E-state index in [4.69, 9.17) is 21.4 Å². The van der Waals surface area contributed by atoms with Crippen LogP contribution in [0.3, 0.4) is 0 Å². The van der Waals surface area contributed by atoms with Crippen LogP contribution in [-0.4, -0.2) is 21.0 Å². The van der Waals surface area contributed by atoms with E-state index in [1.807, 2.05) is 31.2 Å². The molecular formula is C13H11ClN2O3. The third-order valence-corrected chi connectivity index (χ3v) is 2.66. The molecule has 0 amide bonds. The Morgan fingerprint density at radius 1 is 1.37 bits per heavy atom. The number of rotatable bonds is 4. The lowest BCUT2D eigenvalue weighted by molar-refractivity contribution is 0.0689. The quantitative estimate of drug-likeness (QED) is 0.931. The van der Waals surface area contributed by atoms with Gasteiger partial charge in [0.2, 0.25) is 0 Å². The Bertz CT molecular complexity index is 599. The molecular weight excluding hydrogens is 268 g/mol. The molecule has 2 aromatic rings. The van der Waals surface area contributed by atoms with Gasteiger partial charge in [0.05, 0.1) is 11.2 Å². The number of nitrogens with zero attached hydrogens (tertiary/aromatic N) is 2. The van der Waals surface area contributed by atoms with Crippen LogP contribution in [0, 0.1) is 6.92 Å². The van der Waals surface area contributed by atoms with Crippen molar-refractivity contribution in [3.8, 4) is 5.75 Å². The summed E-state index contributed by atoms with van der Waals surface area (Å²) in [5, 5.41) is 8.90. The second-order valence-corrected chi connectivity index (χ2v) is 4.30. The van der Waals surface area contributed by atoms with Gasteiger partial charge in [0.1, 0.15) is 12.4 Å². The minimum absolute atomic E-state index is 0.00610. The zero-order valence-corrected chi connectivity index (χ0v) is 10.9. The molecule has 19 heavy (non-hydrogen) atoms. The second-order valence-electron chi connectivity index (χ2n) is 3.89.